The molecule has 1 aromatic carbocycles. The molecule has 2 atom stereocenters. The lowest BCUT2D eigenvalue weighted by Crippen LogP contribution is -2.42. The van der Waals surface area contributed by atoms with Gasteiger partial charge >= 0.3 is 0 Å². The van der Waals surface area contributed by atoms with Gasteiger partial charge in [0.15, 0.2) is 0 Å². The van der Waals surface area contributed by atoms with Crippen molar-refractivity contribution in [1.82, 2.24) is 10.6 Å². The van der Waals surface area contributed by atoms with Crippen molar-refractivity contribution in [1.29, 1.82) is 0 Å². The Hall–Kier alpha value is -1.06. The molecule has 138 valence electrons. The van der Waals surface area contributed by atoms with E-state index in [0.29, 0.717) is 35.9 Å². The maximum atomic E-state index is 12.4. The molecule has 3 nitrogen and oxygen atoms in total. The molecule has 1 amide bonds. The van der Waals surface area contributed by atoms with Gasteiger partial charge in [0.2, 0.25) is 5.91 Å². The molecular formula is C21H31ClN2O. The van der Waals surface area contributed by atoms with Crippen LogP contribution in [0.4, 0.5) is 0 Å². The van der Waals surface area contributed by atoms with Gasteiger partial charge in [-0.3, -0.25) is 4.79 Å². The Balaban J connectivity index is 0.00000182. The normalized spacial score (nSPS) is 34.2. The van der Waals surface area contributed by atoms with Gasteiger partial charge in [0.1, 0.15) is 0 Å². The molecule has 1 aromatic rings. The number of hydrogen-bond acceptors (Lipinski definition) is 2. The maximum absolute atomic E-state index is 12.4. The average molecular weight is 363 g/mol. The van der Waals surface area contributed by atoms with E-state index in [0.717, 1.165) is 19.3 Å². The Morgan fingerprint density at radius 3 is 2.24 bits per heavy atom. The number of piperidine rings is 1. The summed E-state index contributed by atoms with van der Waals surface area (Å²) >= 11 is 0. The molecule has 0 aromatic heterocycles. The molecule has 0 radical (unpaired) electrons. The first-order valence-electron chi connectivity index (χ1n) is 9.86. The molecule has 25 heavy (non-hydrogen) atoms. The van der Waals surface area contributed by atoms with Crippen LogP contribution in [0.15, 0.2) is 30.3 Å². The summed E-state index contributed by atoms with van der Waals surface area (Å²) in [5.74, 6) is 1.58. The lowest BCUT2D eigenvalue weighted by atomic mass is 9.81. The molecule has 2 heterocycles. The van der Waals surface area contributed by atoms with Crippen molar-refractivity contribution < 1.29 is 4.79 Å². The van der Waals surface area contributed by atoms with Gasteiger partial charge in [0.25, 0.3) is 0 Å². The SMILES string of the molecule is Cl.O=C(CC1CC2CCC(C1)N2)NC1CCC(c2ccccc2)CC1. The third-order valence-corrected chi connectivity index (χ3v) is 6.41. The number of carbonyl (C=O) groups is 1. The average Bonchev–Trinajstić information content (AvgIpc) is 2.95. The monoisotopic (exact) mass is 362 g/mol. The highest BCUT2D eigenvalue weighted by molar-refractivity contribution is 5.85. The highest BCUT2D eigenvalue weighted by Gasteiger charge is 2.34. The zero-order valence-corrected chi connectivity index (χ0v) is 15.8. The summed E-state index contributed by atoms with van der Waals surface area (Å²) in [6.07, 6.45) is 10.4. The van der Waals surface area contributed by atoms with Crippen LogP contribution in [0, 0.1) is 5.92 Å². The molecule has 4 heteroatoms. The van der Waals surface area contributed by atoms with Crippen molar-refractivity contribution in [2.24, 2.45) is 5.92 Å². The fourth-order valence-corrected chi connectivity index (χ4v) is 5.19. The maximum Gasteiger partial charge on any atom is 0.220 e. The fraction of sp³-hybridized carbons (Fsp3) is 0.667. The predicted octanol–water partition coefficient (Wildman–Crippen LogP) is 4.17. The number of halogens is 1. The van der Waals surface area contributed by atoms with Crippen molar-refractivity contribution in [3.8, 4) is 0 Å². The van der Waals surface area contributed by atoms with Gasteiger partial charge in [-0.05, 0) is 68.8 Å². The lowest BCUT2D eigenvalue weighted by Gasteiger charge is -2.31. The van der Waals surface area contributed by atoms with Crippen LogP contribution in [-0.4, -0.2) is 24.0 Å². The van der Waals surface area contributed by atoms with Gasteiger partial charge in [-0.2, -0.15) is 0 Å². The highest BCUT2D eigenvalue weighted by Crippen LogP contribution is 2.34. The first kappa shape index (κ1) is 18.7. The number of hydrogen-bond donors (Lipinski definition) is 2. The minimum Gasteiger partial charge on any atom is -0.353 e. The molecule has 1 saturated carbocycles. The number of fused-ring (bicyclic) bond motifs is 2. The minimum absolute atomic E-state index is 0. The second kappa shape index (κ2) is 8.55. The van der Waals surface area contributed by atoms with Gasteiger partial charge in [-0.1, -0.05) is 30.3 Å². The third-order valence-electron chi connectivity index (χ3n) is 6.41. The van der Waals surface area contributed by atoms with Crippen molar-refractivity contribution in [2.45, 2.75) is 81.8 Å². The highest BCUT2D eigenvalue weighted by atomic mass is 35.5. The zero-order valence-electron chi connectivity index (χ0n) is 15.0. The quantitative estimate of drug-likeness (QED) is 0.843. The molecule has 2 saturated heterocycles. The summed E-state index contributed by atoms with van der Waals surface area (Å²) in [6, 6.07) is 12.6. The number of rotatable bonds is 4. The van der Waals surface area contributed by atoms with E-state index in [9.17, 15) is 4.79 Å². The van der Waals surface area contributed by atoms with E-state index in [2.05, 4.69) is 41.0 Å². The molecule has 2 bridgehead atoms. The molecule has 3 fully saturated rings. The van der Waals surface area contributed by atoms with Crippen LogP contribution in [0.1, 0.15) is 69.3 Å². The molecule has 2 unspecified atom stereocenters. The molecule has 2 aliphatic heterocycles. The largest absolute Gasteiger partial charge is 0.353 e. The van der Waals surface area contributed by atoms with Crippen LogP contribution in [0.25, 0.3) is 0 Å². The van der Waals surface area contributed by atoms with Crippen molar-refractivity contribution >= 4 is 18.3 Å². The van der Waals surface area contributed by atoms with E-state index in [1.807, 2.05) is 0 Å². The standard InChI is InChI=1S/C21H30N2O.ClH/c24-21(14-15-12-19-10-11-20(13-15)22-19)23-18-8-6-17(7-9-18)16-4-2-1-3-5-16;/h1-5,15,17-20,22H,6-14H2,(H,23,24);1H. The van der Waals surface area contributed by atoms with Crippen molar-refractivity contribution in [3.63, 3.8) is 0 Å². The summed E-state index contributed by atoms with van der Waals surface area (Å²) in [5, 5.41) is 6.99. The van der Waals surface area contributed by atoms with Crippen LogP contribution in [0.3, 0.4) is 0 Å². The molecular weight excluding hydrogens is 332 g/mol. The van der Waals surface area contributed by atoms with Gasteiger partial charge in [-0.15, -0.1) is 12.4 Å². The van der Waals surface area contributed by atoms with E-state index in [4.69, 9.17) is 0 Å². The van der Waals surface area contributed by atoms with E-state index < -0.39 is 0 Å². The Morgan fingerprint density at radius 1 is 0.960 bits per heavy atom. The summed E-state index contributed by atoms with van der Waals surface area (Å²) < 4.78 is 0. The fourth-order valence-electron chi connectivity index (χ4n) is 5.19. The Morgan fingerprint density at radius 2 is 1.60 bits per heavy atom. The topological polar surface area (TPSA) is 41.1 Å². The smallest absolute Gasteiger partial charge is 0.220 e. The summed E-state index contributed by atoms with van der Waals surface area (Å²) in [4.78, 5) is 12.4. The van der Waals surface area contributed by atoms with Gasteiger partial charge in [0.05, 0.1) is 0 Å². The van der Waals surface area contributed by atoms with Crippen molar-refractivity contribution in [3.05, 3.63) is 35.9 Å². The number of nitrogens with one attached hydrogen (secondary N) is 2. The van der Waals surface area contributed by atoms with Gasteiger partial charge in [0, 0.05) is 24.5 Å². The first-order valence-corrected chi connectivity index (χ1v) is 9.86. The molecule has 4 rings (SSSR count). The van der Waals surface area contributed by atoms with E-state index in [1.54, 1.807) is 0 Å². The number of amides is 1. The van der Waals surface area contributed by atoms with Crippen LogP contribution in [0.2, 0.25) is 0 Å². The number of benzene rings is 1. The predicted molar refractivity (Wildman–Crippen MR) is 104 cm³/mol. The Labute approximate surface area is 157 Å². The first-order chi connectivity index (χ1) is 11.8. The van der Waals surface area contributed by atoms with E-state index in [1.165, 1.54) is 44.1 Å². The summed E-state index contributed by atoms with van der Waals surface area (Å²) in [5.41, 5.74) is 1.47. The Kier molecular flexibility index (Phi) is 6.40. The minimum atomic E-state index is 0. The molecule has 1 aliphatic carbocycles. The summed E-state index contributed by atoms with van der Waals surface area (Å²) in [6.45, 7) is 0. The van der Waals surface area contributed by atoms with Crippen LogP contribution in [0.5, 0.6) is 0 Å². The van der Waals surface area contributed by atoms with Crippen LogP contribution < -0.4 is 10.6 Å². The van der Waals surface area contributed by atoms with E-state index in [-0.39, 0.29) is 12.4 Å². The third kappa shape index (κ3) is 4.77. The Bertz CT molecular complexity index is 544. The zero-order chi connectivity index (χ0) is 16.4. The molecule has 2 N–H and O–H groups in total. The lowest BCUT2D eigenvalue weighted by molar-refractivity contribution is -0.123. The second-order valence-electron chi connectivity index (χ2n) is 8.21. The van der Waals surface area contributed by atoms with Crippen LogP contribution >= 0.6 is 12.4 Å². The van der Waals surface area contributed by atoms with Gasteiger partial charge in [-0.25, -0.2) is 0 Å². The molecule has 3 aliphatic rings. The van der Waals surface area contributed by atoms with Gasteiger partial charge < -0.3 is 10.6 Å². The second-order valence-corrected chi connectivity index (χ2v) is 8.21. The molecule has 0 spiro atoms. The van der Waals surface area contributed by atoms with E-state index >= 15 is 0 Å². The van der Waals surface area contributed by atoms with Crippen LogP contribution in [-0.2, 0) is 4.79 Å². The summed E-state index contributed by atoms with van der Waals surface area (Å²) in [7, 11) is 0. The van der Waals surface area contributed by atoms with Crippen molar-refractivity contribution in [2.75, 3.05) is 0 Å². The number of carbonyl (C=O) groups excluding carboxylic acids is 1.